The van der Waals surface area contributed by atoms with Crippen LogP contribution in [0.1, 0.15) is 18.4 Å². The molecule has 1 heterocycles. The van der Waals surface area contributed by atoms with Gasteiger partial charge in [0, 0.05) is 24.7 Å². The van der Waals surface area contributed by atoms with E-state index in [1.807, 2.05) is 0 Å². The maximum absolute atomic E-state index is 14.0. The van der Waals surface area contributed by atoms with Gasteiger partial charge in [-0.3, -0.25) is 0 Å². The monoisotopic (exact) mass is 318 g/mol. The zero-order valence-corrected chi connectivity index (χ0v) is 12.7. The van der Waals surface area contributed by atoms with Crippen LogP contribution in [-0.2, 0) is 15.9 Å². The average Bonchev–Trinajstić information content (AvgIpc) is 2.46. The van der Waals surface area contributed by atoms with E-state index in [2.05, 4.69) is 5.32 Å². The summed E-state index contributed by atoms with van der Waals surface area (Å²) in [7, 11) is -3.18. The Labute approximate surface area is 124 Å². The zero-order chi connectivity index (χ0) is 15.5. The fourth-order valence-corrected chi connectivity index (χ4v) is 3.32. The molecule has 0 amide bonds. The first kappa shape index (κ1) is 16.3. The highest BCUT2D eigenvalue weighted by Crippen LogP contribution is 2.27. The van der Waals surface area contributed by atoms with Gasteiger partial charge in [-0.05, 0) is 12.8 Å². The van der Waals surface area contributed by atoms with E-state index in [-0.39, 0.29) is 11.6 Å². The van der Waals surface area contributed by atoms with Crippen LogP contribution in [0.5, 0.6) is 0 Å². The lowest BCUT2D eigenvalue weighted by Gasteiger charge is -2.31. The Morgan fingerprint density at radius 3 is 2.33 bits per heavy atom. The van der Waals surface area contributed by atoms with Gasteiger partial charge < -0.3 is 5.32 Å². The molecule has 0 spiro atoms. The Morgan fingerprint density at radius 1 is 1.24 bits per heavy atom. The van der Waals surface area contributed by atoms with Gasteiger partial charge in [-0.2, -0.15) is 8.78 Å². The first-order chi connectivity index (χ1) is 9.79. The molecule has 4 nitrogen and oxygen atoms in total. The summed E-state index contributed by atoms with van der Waals surface area (Å²) < 4.78 is 52.2. The molecule has 0 atom stereocenters. The van der Waals surface area contributed by atoms with Gasteiger partial charge in [0.05, 0.1) is 12.8 Å². The molecule has 118 valence electrons. The van der Waals surface area contributed by atoms with E-state index in [1.54, 1.807) is 18.2 Å². The van der Waals surface area contributed by atoms with Crippen molar-refractivity contribution in [2.45, 2.75) is 24.8 Å². The van der Waals surface area contributed by atoms with Crippen LogP contribution in [0.4, 0.5) is 8.78 Å². The molecular formula is C14H20F2N2O2S. The topological polar surface area (TPSA) is 49.4 Å². The lowest BCUT2D eigenvalue weighted by Crippen LogP contribution is -2.46. The van der Waals surface area contributed by atoms with Crippen molar-refractivity contribution in [3.8, 4) is 0 Å². The summed E-state index contributed by atoms with van der Waals surface area (Å²) >= 11 is 0. The first-order valence-electron chi connectivity index (χ1n) is 6.91. The second-order valence-corrected chi connectivity index (χ2v) is 7.37. The molecule has 0 bridgehead atoms. The molecule has 1 aromatic rings. The third kappa shape index (κ3) is 4.46. The van der Waals surface area contributed by atoms with Gasteiger partial charge in [0.2, 0.25) is 10.0 Å². The van der Waals surface area contributed by atoms with Gasteiger partial charge in [-0.25, -0.2) is 12.7 Å². The number of sulfonamides is 1. The second kappa shape index (κ2) is 6.37. The number of hydrogen-bond donors (Lipinski definition) is 1. The van der Waals surface area contributed by atoms with E-state index in [4.69, 9.17) is 0 Å². The SMILES string of the molecule is CS(=O)(=O)N1CCC(NCC(F)(F)c2ccccc2)CC1. The molecule has 1 N–H and O–H groups in total. The molecule has 1 saturated heterocycles. The molecule has 1 fully saturated rings. The molecule has 1 aromatic carbocycles. The summed E-state index contributed by atoms with van der Waals surface area (Å²) in [5.74, 6) is -2.92. The fourth-order valence-electron chi connectivity index (χ4n) is 2.45. The number of rotatable bonds is 5. The van der Waals surface area contributed by atoms with Crippen LogP contribution in [0.25, 0.3) is 0 Å². The third-order valence-electron chi connectivity index (χ3n) is 3.73. The Morgan fingerprint density at radius 2 is 1.81 bits per heavy atom. The van der Waals surface area contributed by atoms with Gasteiger partial charge in [0.1, 0.15) is 0 Å². The van der Waals surface area contributed by atoms with Gasteiger partial charge in [-0.15, -0.1) is 0 Å². The van der Waals surface area contributed by atoms with Gasteiger partial charge in [0.15, 0.2) is 0 Å². The molecule has 0 saturated carbocycles. The van der Waals surface area contributed by atoms with Crippen LogP contribution in [0.3, 0.4) is 0 Å². The highest BCUT2D eigenvalue weighted by atomic mass is 32.2. The number of nitrogens with one attached hydrogen (secondary N) is 1. The lowest BCUT2D eigenvalue weighted by molar-refractivity contribution is -0.00710. The summed E-state index contributed by atoms with van der Waals surface area (Å²) in [5, 5.41) is 2.86. The molecular weight excluding hydrogens is 298 g/mol. The minimum Gasteiger partial charge on any atom is -0.308 e. The number of piperidine rings is 1. The van der Waals surface area contributed by atoms with Crippen molar-refractivity contribution < 1.29 is 17.2 Å². The molecule has 0 unspecified atom stereocenters. The van der Waals surface area contributed by atoms with Crippen LogP contribution in [0.2, 0.25) is 0 Å². The molecule has 0 radical (unpaired) electrons. The first-order valence-corrected chi connectivity index (χ1v) is 8.76. The molecule has 1 aliphatic heterocycles. The van der Waals surface area contributed by atoms with E-state index in [1.165, 1.54) is 22.7 Å². The van der Waals surface area contributed by atoms with Gasteiger partial charge in [-0.1, -0.05) is 30.3 Å². The maximum Gasteiger partial charge on any atom is 0.285 e. The minimum atomic E-state index is -3.18. The van der Waals surface area contributed by atoms with Crippen molar-refractivity contribution in [1.29, 1.82) is 0 Å². The van der Waals surface area contributed by atoms with Crippen molar-refractivity contribution in [2.24, 2.45) is 0 Å². The van der Waals surface area contributed by atoms with E-state index in [0.29, 0.717) is 25.9 Å². The Kier molecular flexibility index (Phi) is 4.95. The van der Waals surface area contributed by atoms with Crippen LogP contribution >= 0.6 is 0 Å². The Balaban J connectivity index is 1.85. The van der Waals surface area contributed by atoms with E-state index in [0.717, 1.165) is 0 Å². The minimum absolute atomic E-state index is 0.00827. The largest absolute Gasteiger partial charge is 0.308 e. The normalized spacial score (nSPS) is 18.8. The van der Waals surface area contributed by atoms with Crippen molar-refractivity contribution in [1.82, 2.24) is 9.62 Å². The standard InChI is InChI=1S/C14H20F2N2O2S/c1-21(19,20)18-9-7-13(8-10-18)17-11-14(15,16)12-5-3-2-4-6-12/h2-6,13,17H,7-11H2,1H3. The number of nitrogens with zero attached hydrogens (tertiary/aromatic N) is 1. The number of halogens is 2. The van der Waals surface area contributed by atoms with Crippen molar-refractivity contribution in [3.63, 3.8) is 0 Å². The predicted octanol–water partition coefficient (Wildman–Crippen LogP) is 1.79. The number of alkyl halides is 2. The van der Waals surface area contributed by atoms with Crippen molar-refractivity contribution in [3.05, 3.63) is 35.9 Å². The van der Waals surface area contributed by atoms with Crippen LogP contribution < -0.4 is 5.32 Å². The average molecular weight is 318 g/mol. The smallest absolute Gasteiger partial charge is 0.285 e. The predicted molar refractivity (Wildman–Crippen MR) is 77.8 cm³/mol. The molecule has 0 aliphatic carbocycles. The van der Waals surface area contributed by atoms with Gasteiger partial charge in [0.25, 0.3) is 5.92 Å². The van der Waals surface area contributed by atoms with E-state index >= 15 is 0 Å². The van der Waals surface area contributed by atoms with Crippen LogP contribution in [-0.4, -0.2) is 44.7 Å². The van der Waals surface area contributed by atoms with Crippen LogP contribution in [0.15, 0.2) is 30.3 Å². The summed E-state index contributed by atoms with van der Waals surface area (Å²) in [6, 6.07) is 7.63. The highest BCUT2D eigenvalue weighted by Gasteiger charge is 2.33. The number of benzene rings is 1. The summed E-state index contributed by atoms with van der Waals surface area (Å²) in [5.41, 5.74) is -0.00827. The molecule has 21 heavy (non-hydrogen) atoms. The lowest BCUT2D eigenvalue weighted by atomic mass is 10.0. The zero-order valence-electron chi connectivity index (χ0n) is 11.9. The summed E-state index contributed by atoms with van der Waals surface area (Å²) in [4.78, 5) is 0. The molecule has 7 heteroatoms. The quantitative estimate of drug-likeness (QED) is 0.900. The number of hydrogen-bond acceptors (Lipinski definition) is 3. The van der Waals surface area contributed by atoms with Crippen molar-refractivity contribution in [2.75, 3.05) is 25.9 Å². The van der Waals surface area contributed by atoms with E-state index in [9.17, 15) is 17.2 Å². The molecule has 1 aliphatic rings. The fraction of sp³-hybridized carbons (Fsp3) is 0.571. The maximum atomic E-state index is 14.0. The Bertz CT molecular complexity index is 556. The Hall–Kier alpha value is -1.05. The molecule has 0 aromatic heterocycles. The third-order valence-corrected chi connectivity index (χ3v) is 5.04. The second-order valence-electron chi connectivity index (χ2n) is 5.39. The van der Waals surface area contributed by atoms with Crippen LogP contribution in [0, 0.1) is 0 Å². The summed E-state index contributed by atoms with van der Waals surface area (Å²) in [6.07, 6.45) is 2.28. The van der Waals surface area contributed by atoms with Crippen molar-refractivity contribution >= 4 is 10.0 Å². The van der Waals surface area contributed by atoms with Gasteiger partial charge >= 0.3 is 0 Å². The van der Waals surface area contributed by atoms with E-state index < -0.39 is 22.5 Å². The summed E-state index contributed by atoms with van der Waals surface area (Å²) in [6.45, 7) is 0.335. The highest BCUT2D eigenvalue weighted by molar-refractivity contribution is 7.88. The molecule has 2 rings (SSSR count).